The van der Waals surface area contributed by atoms with E-state index in [1.165, 1.54) is 0 Å². The molecule has 1 heterocycles. The quantitative estimate of drug-likeness (QED) is 0.428. The molecule has 3 aromatic carbocycles. The molecule has 0 fully saturated rings. The first kappa shape index (κ1) is 18.1. The Labute approximate surface area is 164 Å². The van der Waals surface area contributed by atoms with E-state index in [2.05, 4.69) is 19.9 Å². The summed E-state index contributed by atoms with van der Waals surface area (Å²) >= 11 is 0. The lowest BCUT2D eigenvalue weighted by molar-refractivity contribution is 0.103. The van der Waals surface area contributed by atoms with E-state index in [0.29, 0.717) is 16.9 Å². The Morgan fingerprint density at radius 3 is 2.29 bits per heavy atom. The Balaban J connectivity index is 1.79. The van der Waals surface area contributed by atoms with Gasteiger partial charge in [0.2, 0.25) is 0 Å². The second-order valence-corrected chi connectivity index (χ2v) is 6.92. The molecule has 0 radical (unpaired) electrons. The van der Waals surface area contributed by atoms with E-state index in [1.54, 1.807) is 18.2 Å². The number of carbonyl (C=O) groups is 1. The fourth-order valence-electron chi connectivity index (χ4n) is 3.50. The van der Waals surface area contributed by atoms with Crippen LogP contribution in [0, 0.1) is 0 Å². The van der Waals surface area contributed by atoms with Crippen LogP contribution >= 0.6 is 0 Å². The number of furan rings is 1. The molecule has 0 bridgehead atoms. The Bertz CT molecular complexity index is 1110. The van der Waals surface area contributed by atoms with Crippen LogP contribution in [0.1, 0.15) is 40.9 Å². The monoisotopic (exact) mass is 370 g/mol. The fraction of sp³-hybridized carbons (Fsp3) is 0.160. The van der Waals surface area contributed by atoms with Gasteiger partial charge in [0.05, 0.1) is 11.1 Å². The normalized spacial score (nSPS) is 11.1. The van der Waals surface area contributed by atoms with Gasteiger partial charge in [-0.15, -0.1) is 0 Å². The number of carbonyl (C=O) groups excluding carboxylic acids is 1. The highest BCUT2D eigenvalue weighted by atomic mass is 16.3. The van der Waals surface area contributed by atoms with Gasteiger partial charge in [-0.05, 0) is 60.4 Å². The van der Waals surface area contributed by atoms with Crippen LogP contribution in [-0.2, 0) is 12.8 Å². The number of hydrogen-bond donors (Lipinski definition) is 1. The van der Waals surface area contributed by atoms with E-state index >= 15 is 0 Å². The van der Waals surface area contributed by atoms with Gasteiger partial charge in [-0.3, -0.25) is 4.79 Å². The van der Waals surface area contributed by atoms with Crippen LogP contribution in [0.15, 0.2) is 71.1 Å². The summed E-state index contributed by atoms with van der Waals surface area (Å²) in [6.45, 7) is 4.14. The van der Waals surface area contributed by atoms with Gasteiger partial charge in [-0.2, -0.15) is 0 Å². The number of rotatable bonds is 5. The highest BCUT2D eigenvalue weighted by Crippen LogP contribution is 2.36. The lowest BCUT2D eigenvalue weighted by Gasteiger charge is -2.10. The minimum atomic E-state index is -0.180. The van der Waals surface area contributed by atoms with Crippen molar-refractivity contribution in [3.8, 4) is 17.1 Å². The molecular formula is C25H22O3. The van der Waals surface area contributed by atoms with E-state index < -0.39 is 0 Å². The molecule has 4 rings (SSSR count). The fourth-order valence-corrected chi connectivity index (χ4v) is 3.50. The zero-order valence-corrected chi connectivity index (χ0v) is 16.0. The Morgan fingerprint density at radius 2 is 1.61 bits per heavy atom. The third kappa shape index (κ3) is 3.20. The van der Waals surface area contributed by atoms with E-state index in [1.807, 2.05) is 42.5 Å². The molecule has 0 saturated heterocycles. The van der Waals surface area contributed by atoms with Crippen LogP contribution < -0.4 is 0 Å². The molecule has 28 heavy (non-hydrogen) atoms. The molecule has 0 aliphatic carbocycles. The zero-order chi connectivity index (χ0) is 19.7. The largest absolute Gasteiger partial charge is 0.506 e. The van der Waals surface area contributed by atoms with Crippen LogP contribution in [0.4, 0.5) is 0 Å². The number of aryl methyl sites for hydroxylation is 2. The Kier molecular flexibility index (Phi) is 4.74. The van der Waals surface area contributed by atoms with Crippen molar-refractivity contribution < 1.29 is 14.3 Å². The standard InChI is InChI=1S/C25H22O3/c1-3-16-12-17(4-2)14-19(13-16)24(26)21-10-7-9-20(25(21)27)23-15-18-8-5-6-11-22(18)28-23/h5-15,27H,3-4H2,1-2H3. The van der Waals surface area contributed by atoms with Crippen LogP contribution in [0.5, 0.6) is 5.75 Å². The van der Waals surface area contributed by atoms with Crippen molar-refractivity contribution in [2.75, 3.05) is 0 Å². The van der Waals surface area contributed by atoms with Crippen LogP contribution in [0.2, 0.25) is 0 Å². The molecule has 0 aliphatic heterocycles. The molecule has 0 amide bonds. The molecule has 1 aromatic heterocycles. The average molecular weight is 370 g/mol. The molecule has 0 unspecified atom stereocenters. The maximum absolute atomic E-state index is 13.2. The first-order valence-electron chi connectivity index (χ1n) is 9.59. The summed E-state index contributed by atoms with van der Waals surface area (Å²) in [5.74, 6) is 0.317. The van der Waals surface area contributed by atoms with Crippen molar-refractivity contribution in [2.45, 2.75) is 26.7 Å². The van der Waals surface area contributed by atoms with Gasteiger partial charge in [0.25, 0.3) is 0 Å². The van der Waals surface area contributed by atoms with E-state index in [4.69, 9.17) is 4.42 Å². The zero-order valence-electron chi connectivity index (χ0n) is 16.0. The first-order valence-corrected chi connectivity index (χ1v) is 9.59. The highest BCUT2D eigenvalue weighted by Gasteiger charge is 2.19. The molecule has 0 saturated carbocycles. The Hall–Kier alpha value is -3.33. The van der Waals surface area contributed by atoms with Gasteiger partial charge in [-0.1, -0.05) is 44.2 Å². The minimum Gasteiger partial charge on any atom is -0.506 e. The number of aromatic hydroxyl groups is 1. The van der Waals surface area contributed by atoms with E-state index in [0.717, 1.165) is 34.9 Å². The molecule has 3 nitrogen and oxygen atoms in total. The average Bonchev–Trinajstić information content (AvgIpc) is 3.17. The summed E-state index contributed by atoms with van der Waals surface area (Å²) in [4.78, 5) is 13.2. The van der Waals surface area contributed by atoms with E-state index in [-0.39, 0.29) is 17.1 Å². The maximum atomic E-state index is 13.2. The lowest BCUT2D eigenvalue weighted by atomic mass is 9.95. The summed E-state index contributed by atoms with van der Waals surface area (Å²) < 4.78 is 5.88. The molecule has 0 atom stereocenters. The van der Waals surface area contributed by atoms with Crippen LogP contribution in [-0.4, -0.2) is 10.9 Å². The second-order valence-electron chi connectivity index (χ2n) is 6.92. The summed E-state index contributed by atoms with van der Waals surface area (Å²) in [6, 6.07) is 20.7. The molecule has 1 N–H and O–H groups in total. The summed E-state index contributed by atoms with van der Waals surface area (Å²) in [6.07, 6.45) is 1.72. The predicted octanol–water partition coefficient (Wildman–Crippen LogP) is 6.16. The summed E-state index contributed by atoms with van der Waals surface area (Å²) in [5, 5.41) is 11.8. The topological polar surface area (TPSA) is 50.4 Å². The van der Waals surface area contributed by atoms with Crippen LogP contribution in [0.25, 0.3) is 22.3 Å². The lowest BCUT2D eigenvalue weighted by Crippen LogP contribution is -2.04. The third-order valence-electron chi connectivity index (χ3n) is 5.10. The molecule has 140 valence electrons. The molecule has 0 aliphatic rings. The van der Waals surface area contributed by atoms with Gasteiger partial charge in [0.1, 0.15) is 17.1 Å². The maximum Gasteiger partial charge on any atom is 0.196 e. The Morgan fingerprint density at radius 1 is 0.893 bits per heavy atom. The molecule has 3 heteroatoms. The van der Waals surface area contributed by atoms with Crippen molar-refractivity contribution in [1.82, 2.24) is 0 Å². The minimum absolute atomic E-state index is 0.0495. The van der Waals surface area contributed by atoms with Gasteiger partial charge >= 0.3 is 0 Å². The first-order chi connectivity index (χ1) is 13.6. The molecular weight excluding hydrogens is 348 g/mol. The van der Waals surface area contributed by atoms with Gasteiger partial charge in [-0.25, -0.2) is 0 Å². The van der Waals surface area contributed by atoms with Gasteiger partial charge < -0.3 is 9.52 Å². The van der Waals surface area contributed by atoms with Crippen LogP contribution in [0.3, 0.4) is 0 Å². The van der Waals surface area contributed by atoms with Gasteiger partial charge in [0.15, 0.2) is 5.78 Å². The van der Waals surface area contributed by atoms with Crippen molar-refractivity contribution in [2.24, 2.45) is 0 Å². The number of phenolic OH excluding ortho intramolecular Hbond substituents is 1. The number of ketones is 1. The SMILES string of the molecule is CCc1cc(CC)cc(C(=O)c2cccc(-c3cc4ccccc4o3)c2O)c1. The highest BCUT2D eigenvalue weighted by molar-refractivity contribution is 6.12. The predicted molar refractivity (Wildman–Crippen MR) is 112 cm³/mol. The molecule has 4 aromatic rings. The van der Waals surface area contributed by atoms with Crippen molar-refractivity contribution in [3.63, 3.8) is 0 Å². The number of phenols is 1. The van der Waals surface area contributed by atoms with Gasteiger partial charge in [0, 0.05) is 10.9 Å². The number of fused-ring (bicyclic) bond motifs is 1. The second kappa shape index (κ2) is 7.35. The third-order valence-corrected chi connectivity index (χ3v) is 5.10. The smallest absolute Gasteiger partial charge is 0.196 e. The van der Waals surface area contributed by atoms with Crippen molar-refractivity contribution >= 4 is 16.8 Å². The number of hydrogen-bond acceptors (Lipinski definition) is 3. The summed E-state index contributed by atoms with van der Waals surface area (Å²) in [5.41, 5.74) is 4.40. The number of para-hydroxylation sites is 2. The van der Waals surface area contributed by atoms with Crippen molar-refractivity contribution in [3.05, 3.63) is 89.0 Å². The summed E-state index contributed by atoms with van der Waals surface area (Å²) in [7, 11) is 0. The number of benzene rings is 3. The van der Waals surface area contributed by atoms with Crippen molar-refractivity contribution in [1.29, 1.82) is 0 Å². The molecule has 0 spiro atoms. The van der Waals surface area contributed by atoms with E-state index in [9.17, 15) is 9.90 Å².